The number of hydrogen-bond donors (Lipinski definition) is 2. The van der Waals surface area contributed by atoms with Gasteiger partial charge in [0.25, 0.3) is 0 Å². The van der Waals surface area contributed by atoms with E-state index in [2.05, 4.69) is 22.8 Å². The van der Waals surface area contributed by atoms with Gasteiger partial charge >= 0.3 is 0 Å². The molecule has 0 bridgehead atoms. The fourth-order valence-corrected chi connectivity index (χ4v) is 4.19. The normalized spacial score (nSPS) is 16.7. The van der Waals surface area contributed by atoms with Crippen molar-refractivity contribution in [3.05, 3.63) is 70.4 Å². The van der Waals surface area contributed by atoms with Gasteiger partial charge in [-0.3, -0.25) is 4.79 Å². The molecule has 114 valence electrons. The molecule has 0 unspecified atom stereocenters. The fourth-order valence-electron chi connectivity index (χ4n) is 3.03. The molecule has 1 aromatic heterocycles. The highest BCUT2D eigenvalue weighted by atomic mass is 32.1. The van der Waals surface area contributed by atoms with Crippen LogP contribution in [0.4, 0.5) is 5.69 Å². The first-order valence-electron chi connectivity index (χ1n) is 7.48. The van der Waals surface area contributed by atoms with Gasteiger partial charge in [-0.1, -0.05) is 42.5 Å². The number of phenols is 1. The van der Waals surface area contributed by atoms with Crippen LogP contribution in [0.3, 0.4) is 0 Å². The van der Waals surface area contributed by atoms with E-state index in [-0.39, 0.29) is 17.6 Å². The van der Waals surface area contributed by atoms with Gasteiger partial charge in [-0.25, -0.2) is 0 Å². The molecule has 1 atom stereocenters. The molecule has 0 spiro atoms. The number of fused-ring (bicyclic) bond motifs is 1. The van der Waals surface area contributed by atoms with Gasteiger partial charge in [0, 0.05) is 28.2 Å². The van der Waals surface area contributed by atoms with Crippen LogP contribution in [0.25, 0.3) is 11.1 Å². The maximum atomic E-state index is 12.2. The van der Waals surface area contributed by atoms with E-state index in [1.165, 1.54) is 4.88 Å². The summed E-state index contributed by atoms with van der Waals surface area (Å²) in [6.07, 6.45) is 0.437. The Bertz CT molecular complexity index is 853. The minimum absolute atomic E-state index is 0.0335. The molecule has 0 radical (unpaired) electrons. The van der Waals surface area contributed by atoms with Crippen LogP contribution in [-0.2, 0) is 4.79 Å². The SMILES string of the molecule is O=C1C[C@H](c2ccc(O)cc2)c2scc(-c3ccccc3)c2N1. The smallest absolute Gasteiger partial charge is 0.225 e. The number of aromatic hydroxyl groups is 1. The molecular weight excluding hydrogens is 306 g/mol. The molecule has 1 aliphatic heterocycles. The summed E-state index contributed by atoms with van der Waals surface area (Å²) in [6, 6.07) is 17.2. The summed E-state index contributed by atoms with van der Waals surface area (Å²) < 4.78 is 0. The maximum Gasteiger partial charge on any atom is 0.225 e. The molecule has 3 aromatic rings. The third kappa shape index (κ3) is 2.51. The Morgan fingerprint density at radius 2 is 1.78 bits per heavy atom. The summed E-state index contributed by atoms with van der Waals surface area (Å²) in [6.45, 7) is 0. The lowest BCUT2D eigenvalue weighted by Gasteiger charge is -2.24. The Balaban J connectivity index is 1.81. The van der Waals surface area contributed by atoms with Crippen LogP contribution in [0.1, 0.15) is 22.8 Å². The third-order valence-corrected chi connectivity index (χ3v) is 5.27. The first-order chi connectivity index (χ1) is 11.2. The van der Waals surface area contributed by atoms with Gasteiger partial charge in [-0.05, 0) is 23.3 Å². The summed E-state index contributed by atoms with van der Waals surface area (Å²) in [4.78, 5) is 13.4. The summed E-state index contributed by atoms with van der Waals surface area (Å²) in [5.74, 6) is 0.318. The van der Waals surface area contributed by atoms with Crippen molar-refractivity contribution in [1.29, 1.82) is 0 Å². The number of thiophene rings is 1. The maximum absolute atomic E-state index is 12.2. The summed E-state index contributed by atoms with van der Waals surface area (Å²) >= 11 is 1.68. The number of hydrogen-bond acceptors (Lipinski definition) is 3. The highest BCUT2D eigenvalue weighted by Gasteiger charge is 2.30. The number of phenolic OH excluding ortho intramolecular Hbond substituents is 1. The molecule has 4 rings (SSSR count). The van der Waals surface area contributed by atoms with Crippen LogP contribution >= 0.6 is 11.3 Å². The van der Waals surface area contributed by atoms with Crippen LogP contribution < -0.4 is 5.32 Å². The number of nitrogens with one attached hydrogen (secondary N) is 1. The van der Waals surface area contributed by atoms with E-state index in [1.807, 2.05) is 30.3 Å². The zero-order valence-corrected chi connectivity index (χ0v) is 13.1. The molecule has 4 heteroatoms. The molecular formula is C19H15NO2S. The van der Waals surface area contributed by atoms with Crippen molar-refractivity contribution in [2.45, 2.75) is 12.3 Å². The van der Waals surface area contributed by atoms with Crippen molar-refractivity contribution < 1.29 is 9.90 Å². The van der Waals surface area contributed by atoms with Gasteiger partial charge in [0.15, 0.2) is 0 Å². The average Bonchev–Trinajstić information content (AvgIpc) is 2.99. The molecule has 0 saturated heterocycles. The molecule has 1 aliphatic rings. The fraction of sp³-hybridized carbons (Fsp3) is 0.105. The van der Waals surface area contributed by atoms with Crippen LogP contribution in [-0.4, -0.2) is 11.0 Å². The number of rotatable bonds is 2. The monoisotopic (exact) mass is 321 g/mol. The average molecular weight is 321 g/mol. The Hall–Kier alpha value is -2.59. The zero-order chi connectivity index (χ0) is 15.8. The molecule has 0 fully saturated rings. The molecule has 2 N–H and O–H groups in total. The van der Waals surface area contributed by atoms with E-state index in [0.29, 0.717) is 6.42 Å². The van der Waals surface area contributed by atoms with E-state index in [1.54, 1.807) is 23.5 Å². The molecule has 23 heavy (non-hydrogen) atoms. The standard InChI is InChI=1S/C19H15NO2S/c21-14-8-6-13(7-9-14)15-10-17(22)20-18-16(11-23-19(15)18)12-4-2-1-3-5-12/h1-9,11,15,21H,10H2,(H,20,22)/t15-/m1/s1. The van der Waals surface area contributed by atoms with Crippen molar-refractivity contribution in [2.75, 3.05) is 5.32 Å². The van der Waals surface area contributed by atoms with Gasteiger partial charge in [0.2, 0.25) is 5.91 Å². The van der Waals surface area contributed by atoms with Gasteiger partial charge in [0.1, 0.15) is 5.75 Å². The van der Waals surface area contributed by atoms with E-state index in [9.17, 15) is 9.90 Å². The summed E-state index contributed by atoms with van der Waals surface area (Å²) in [5.41, 5.74) is 4.16. The molecule has 3 nitrogen and oxygen atoms in total. The second-order valence-corrected chi connectivity index (χ2v) is 6.56. The third-order valence-electron chi connectivity index (χ3n) is 4.17. The minimum atomic E-state index is 0.0335. The van der Waals surface area contributed by atoms with E-state index >= 15 is 0 Å². The predicted molar refractivity (Wildman–Crippen MR) is 93.0 cm³/mol. The van der Waals surface area contributed by atoms with Gasteiger partial charge in [-0.15, -0.1) is 11.3 Å². The van der Waals surface area contributed by atoms with Gasteiger partial charge in [0.05, 0.1) is 5.69 Å². The Morgan fingerprint density at radius 1 is 1.04 bits per heavy atom. The lowest BCUT2D eigenvalue weighted by molar-refractivity contribution is -0.116. The zero-order valence-electron chi connectivity index (χ0n) is 12.3. The quantitative estimate of drug-likeness (QED) is 0.725. The van der Waals surface area contributed by atoms with E-state index < -0.39 is 0 Å². The number of anilines is 1. The van der Waals surface area contributed by atoms with Crippen molar-refractivity contribution in [2.24, 2.45) is 0 Å². The second-order valence-electron chi connectivity index (χ2n) is 5.65. The lowest BCUT2D eigenvalue weighted by atomic mass is 9.89. The highest BCUT2D eigenvalue weighted by molar-refractivity contribution is 7.11. The van der Waals surface area contributed by atoms with Crippen molar-refractivity contribution in [3.8, 4) is 16.9 Å². The molecule has 0 aliphatic carbocycles. The van der Waals surface area contributed by atoms with Gasteiger partial charge < -0.3 is 10.4 Å². The van der Waals surface area contributed by atoms with Crippen molar-refractivity contribution in [3.63, 3.8) is 0 Å². The highest BCUT2D eigenvalue weighted by Crippen LogP contribution is 2.46. The Labute approximate surface area is 138 Å². The largest absolute Gasteiger partial charge is 0.508 e. The summed E-state index contributed by atoms with van der Waals surface area (Å²) in [7, 11) is 0. The molecule has 2 aromatic carbocycles. The van der Waals surface area contributed by atoms with Gasteiger partial charge in [-0.2, -0.15) is 0 Å². The van der Waals surface area contributed by atoms with Crippen LogP contribution in [0.2, 0.25) is 0 Å². The molecule has 0 saturated carbocycles. The second kappa shape index (κ2) is 5.56. The number of amides is 1. The number of carbonyl (C=O) groups is 1. The van der Waals surface area contributed by atoms with Crippen molar-refractivity contribution >= 4 is 22.9 Å². The first kappa shape index (κ1) is 14.0. The Morgan fingerprint density at radius 3 is 2.52 bits per heavy atom. The lowest BCUT2D eigenvalue weighted by Crippen LogP contribution is -2.22. The Kier molecular flexibility index (Phi) is 3.39. The minimum Gasteiger partial charge on any atom is -0.508 e. The topological polar surface area (TPSA) is 49.3 Å². The van der Waals surface area contributed by atoms with Crippen LogP contribution in [0, 0.1) is 0 Å². The summed E-state index contributed by atoms with van der Waals surface area (Å²) in [5, 5.41) is 14.6. The van der Waals surface area contributed by atoms with Crippen molar-refractivity contribution in [1.82, 2.24) is 0 Å². The predicted octanol–water partition coefficient (Wildman–Crippen LogP) is 4.59. The van der Waals surface area contributed by atoms with E-state index in [0.717, 1.165) is 22.4 Å². The molecule has 1 amide bonds. The molecule has 2 heterocycles. The van der Waals surface area contributed by atoms with Crippen LogP contribution in [0.15, 0.2) is 60.0 Å². The van der Waals surface area contributed by atoms with Crippen LogP contribution in [0.5, 0.6) is 5.75 Å². The first-order valence-corrected chi connectivity index (χ1v) is 8.36. The number of carbonyl (C=O) groups excluding carboxylic acids is 1. The number of benzene rings is 2. The van der Waals surface area contributed by atoms with E-state index in [4.69, 9.17) is 0 Å².